The number of likely N-dealkylation sites (tertiary alicyclic amines) is 2. The summed E-state index contributed by atoms with van der Waals surface area (Å²) in [5.74, 6) is 1.65. The molecular formula is C51H58N8O7. The van der Waals surface area contributed by atoms with Gasteiger partial charge in [-0.3, -0.25) is 14.4 Å². The third-order valence-corrected chi connectivity index (χ3v) is 13.8. The molecule has 0 spiro atoms. The van der Waals surface area contributed by atoms with E-state index >= 15 is 0 Å². The van der Waals surface area contributed by atoms with E-state index < -0.39 is 18.2 Å². The number of H-pyrrole nitrogens is 2. The molecule has 15 heteroatoms. The van der Waals surface area contributed by atoms with E-state index in [2.05, 4.69) is 57.0 Å². The zero-order valence-electron chi connectivity index (χ0n) is 38.4. The third kappa shape index (κ3) is 8.36. The molecule has 2 fully saturated rings. The van der Waals surface area contributed by atoms with Gasteiger partial charge < -0.3 is 44.6 Å². The second-order valence-corrected chi connectivity index (χ2v) is 18.0. The summed E-state index contributed by atoms with van der Waals surface area (Å²) >= 11 is 0. The Bertz CT molecular complexity index is 2790. The van der Waals surface area contributed by atoms with E-state index in [1.807, 2.05) is 73.2 Å². The topological polar surface area (TPSA) is 184 Å². The number of hydrogen-bond acceptors (Lipinski definition) is 9. The van der Waals surface area contributed by atoms with E-state index in [9.17, 15) is 19.2 Å². The number of nitrogens with one attached hydrogen (secondary N) is 4. The standard InChI is InChI=1S/C51H58N8O7/c1-7-28(3)44(57-51(63)65-6)50(62)59-29(4)14-19-40(59)47-52-24-39(54-47)33-15-17-35-34(21-33)27-66-42-23-36-32(22-37(35)42)16-18-38-46(36)56-48(53-38)41-20-30(26-64-5)25-58(41)49(61)45(55-43(60)8-2)31-12-10-9-11-13-31/h9-13,15-18,21-24,28-30,40-41,44-45H,7-8,14,19-20,25-27H2,1-6H3,(H,52,54)(H,53,56)(H,55,60)(H,57,63)/t28-,29-,30-,40-,41-,44-,45+/m0/s1. The molecule has 4 amide bonds. The lowest BCUT2D eigenvalue weighted by Gasteiger charge is -2.33. The maximum Gasteiger partial charge on any atom is 0.407 e. The molecule has 0 saturated carbocycles. The zero-order chi connectivity index (χ0) is 46.2. The van der Waals surface area contributed by atoms with Crippen molar-refractivity contribution < 1.29 is 33.4 Å². The highest BCUT2D eigenvalue weighted by molar-refractivity contribution is 6.07. The number of fused-ring (bicyclic) bond motifs is 6. The fraction of sp³-hybridized carbons (Fsp3) is 0.412. The number of carbonyl (C=O) groups is 4. The monoisotopic (exact) mass is 894 g/mol. The minimum Gasteiger partial charge on any atom is -0.488 e. The summed E-state index contributed by atoms with van der Waals surface area (Å²) in [6.07, 6.45) is 4.41. The maximum atomic E-state index is 14.5. The number of aromatic amines is 2. The van der Waals surface area contributed by atoms with Gasteiger partial charge in [0.25, 0.3) is 0 Å². The number of carbonyl (C=O) groups excluding carboxylic acids is 4. The van der Waals surface area contributed by atoms with Crippen molar-refractivity contribution in [3.05, 3.63) is 102 Å². The van der Waals surface area contributed by atoms with Gasteiger partial charge in [0.15, 0.2) is 0 Å². The van der Waals surface area contributed by atoms with Gasteiger partial charge in [0.2, 0.25) is 17.7 Å². The van der Waals surface area contributed by atoms with E-state index in [0.717, 1.165) is 80.3 Å². The van der Waals surface area contributed by atoms with Crippen LogP contribution in [0.15, 0.2) is 79.0 Å². The van der Waals surface area contributed by atoms with Crippen molar-refractivity contribution in [2.24, 2.45) is 11.8 Å². The van der Waals surface area contributed by atoms with Crippen molar-refractivity contribution in [2.75, 3.05) is 27.4 Å². The lowest BCUT2D eigenvalue weighted by atomic mass is 9.92. The summed E-state index contributed by atoms with van der Waals surface area (Å²) in [4.78, 5) is 74.2. The highest BCUT2D eigenvalue weighted by atomic mass is 16.5. The normalized spacial score (nSPS) is 20.3. The Labute approximate surface area is 384 Å². The van der Waals surface area contributed by atoms with E-state index in [-0.39, 0.29) is 54.1 Å². The number of hydrogen-bond donors (Lipinski definition) is 4. The number of aromatic nitrogens is 4. The average Bonchev–Trinajstić information content (AvgIpc) is 4.17. The molecular weight excluding hydrogens is 837 g/mol. The molecule has 2 saturated heterocycles. The minimum atomic E-state index is -0.831. The Kier molecular flexibility index (Phi) is 12.5. The van der Waals surface area contributed by atoms with Crippen molar-refractivity contribution in [3.8, 4) is 28.1 Å². The second-order valence-electron chi connectivity index (χ2n) is 18.0. The number of benzene rings is 4. The predicted molar refractivity (Wildman–Crippen MR) is 250 cm³/mol. The van der Waals surface area contributed by atoms with Crippen LogP contribution in [-0.4, -0.2) is 93.0 Å². The Morgan fingerprint density at radius 2 is 1.73 bits per heavy atom. The summed E-state index contributed by atoms with van der Waals surface area (Å²) in [6, 6.07) is 21.9. The zero-order valence-corrected chi connectivity index (χ0v) is 38.4. The van der Waals surface area contributed by atoms with E-state index in [0.29, 0.717) is 37.8 Å². The molecule has 6 aromatic rings. The molecule has 4 aromatic carbocycles. The number of rotatable bonds is 13. The fourth-order valence-electron chi connectivity index (χ4n) is 10.1. The van der Waals surface area contributed by atoms with Crippen molar-refractivity contribution in [2.45, 2.75) is 96.6 Å². The van der Waals surface area contributed by atoms with Crippen LogP contribution >= 0.6 is 0 Å². The number of nitrogens with zero attached hydrogens (tertiary/aromatic N) is 4. The molecule has 66 heavy (non-hydrogen) atoms. The van der Waals surface area contributed by atoms with Crippen molar-refractivity contribution in [1.82, 2.24) is 40.4 Å². The van der Waals surface area contributed by atoms with Crippen LogP contribution in [0.3, 0.4) is 0 Å². The summed E-state index contributed by atoms with van der Waals surface area (Å²) < 4.78 is 16.9. The largest absolute Gasteiger partial charge is 0.488 e. The second kappa shape index (κ2) is 18.6. The smallest absolute Gasteiger partial charge is 0.407 e. The SMILES string of the molecule is CCC(=O)N[C@@H](C(=O)N1C[C@@H](COC)C[C@H]1c1nc2ccc3cc4c(cc3c2[nH]1)OCc1cc(-c2cnc([C@@H]3CC[C@H](C)N3C(=O)[C@@H](NC(=O)OC)[C@@H](C)CC)[nH]2)ccc1-4)c1ccccc1. The maximum absolute atomic E-state index is 14.5. The summed E-state index contributed by atoms with van der Waals surface area (Å²) in [7, 11) is 2.98. The van der Waals surface area contributed by atoms with Crippen LogP contribution in [0.2, 0.25) is 0 Å². The first kappa shape index (κ1) is 44.5. The van der Waals surface area contributed by atoms with Crippen LogP contribution in [0.4, 0.5) is 4.79 Å². The highest BCUT2D eigenvalue weighted by Gasteiger charge is 2.43. The number of methoxy groups -OCH3 is 2. The van der Waals surface area contributed by atoms with E-state index in [4.69, 9.17) is 24.2 Å². The molecule has 0 unspecified atom stereocenters. The Morgan fingerprint density at radius 1 is 0.909 bits per heavy atom. The average molecular weight is 895 g/mol. The Balaban J connectivity index is 0.979. The number of ether oxygens (including phenoxy) is 3. The molecule has 344 valence electrons. The first-order chi connectivity index (χ1) is 32.0. The van der Waals surface area contributed by atoms with E-state index in [1.54, 1.807) is 14.0 Å². The van der Waals surface area contributed by atoms with Gasteiger partial charge in [-0.2, -0.15) is 0 Å². The van der Waals surface area contributed by atoms with Gasteiger partial charge in [-0.25, -0.2) is 14.8 Å². The van der Waals surface area contributed by atoms with Gasteiger partial charge in [0.05, 0.1) is 48.7 Å². The van der Waals surface area contributed by atoms with Crippen molar-refractivity contribution in [3.63, 3.8) is 0 Å². The summed E-state index contributed by atoms with van der Waals surface area (Å²) in [5.41, 5.74) is 7.27. The Hall–Kier alpha value is -6.74. The quantitative estimate of drug-likeness (QED) is 0.0886. The van der Waals surface area contributed by atoms with Gasteiger partial charge >= 0.3 is 6.09 Å². The van der Waals surface area contributed by atoms with Crippen molar-refractivity contribution >= 4 is 45.6 Å². The van der Waals surface area contributed by atoms with Crippen molar-refractivity contribution in [1.29, 1.82) is 0 Å². The number of amides is 4. The van der Waals surface area contributed by atoms with E-state index in [1.165, 1.54) is 7.11 Å². The molecule has 0 bridgehead atoms. The molecule has 5 heterocycles. The summed E-state index contributed by atoms with van der Waals surface area (Å²) in [5, 5.41) is 7.73. The van der Waals surface area contributed by atoms with Crippen LogP contribution in [0.1, 0.15) is 101 Å². The molecule has 7 atom stereocenters. The van der Waals surface area contributed by atoms with Gasteiger partial charge in [0, 0.05) is 43.0 Å². The van der Waals surface area contributed by atoms with Gasteiger partial charge in [-0.05, 0) is 84.0 Å². The van der Waals surface area contributed by atoms with Gasteiger partial charge in [-0.1, -0.05) is 75.7 Å². The summed E-state index contributed by atoms with van der Waals surface area (Å²) in [6.45, 7) is 9.12. The highest BCUT2D eigenvalue weighted by Crippen LogP contribution is 2.44. The number of imidazole rings is 2. The molecule has 9 rings (SSSR count). The fourth-order valence-corrected chi connectivity index (χ4v) is 10.1. The van der Waals surface area contributed by atoms with Crippen LogP contribution < -0.4 is 15.4 Å². The predicted octanol–water partition coefficient (Wildman–Crippen LogP) is 8.29. The Morgan fingerprint density at radius 3 is 2.48 bits per heavy atom. The van der Waals surface area contributed by atoms with Gasteiger partial charge in [0.1, 0.15) is 36.1 Å². The number of alkyl carbamates (subject to hydrolysis) is 1. The molecule has 3 aliphatic rings. The molecule has 4 N–H and O–H groups in total. The molecule has 15 nitrogen and oxygen atoms in total. The van der Waals surface area contributed by atoms with Gasteiger partial charge in [-0.15, -0.1) is 0 Å². The first-order valence-electron chi connectivity index (χ1n) is 23.1. The molecule has 2 aromatic heterocycles. The van der Waals surface area contributed by atoms with Crippen LogP contribution in [0.25, 0.3) is 44.2 Å². The van der Waals surface area contributed by atoms with Crippen LogP contribution in [0.5, 0.6) is 5.75 Å². The van der Waals surface area contributed by atoms with Crippen LogP contribution in [0, 0.1) is 11.8 Å². The molecule has 0 aliphatic carbocycles. The lowest BCUT2D eigenvalue weighted by Crippen LogP contribution is -2.53. The lowest BCUT2D eigenvalue weighted by molar-refractivity contribution is -0.138. The van der Waals surface area contributed by atoms with Crippen LogP contribution in [-0.2, 0) is 30.5 Å². The first-order valence-corrected chi connectivity index (χ1v) is 23.1. The molecule has 0 radical (unpaired) electrons. The molecule has 3 aliphatic heterocycles. The minimum absolute atomic E-state index is 0.0205. The third-order valence-electron chi connectivity index (χ3n) is 13.8.